The van der Waals surface area contributed by atoms with Crippen LogP contribution < -0.4 is 4.90 Å². The quantitative estimate of drug-likeness (QED) is 0.768. The molecule has 0 amide bonds. The van der Waals surface area contributed by atoms with E-state index in [-0.39, 0.29) is 11.3 Å². The Morgan fingerprint density at radius 3 is 2.47 bits per heavy atom. The molecular weight excluding hydrogens is 235 g/mol. The van der Waals surface area contributed by atoms with Crippen LogP contribution in [0.2, 0.25) is 0 Å². The number of carbonyl (C=O) groups excluding carboxylic acids is 1. The van der Waals surface area contributed by atoms with Gasteiger partial charge in [0.2, 0.25) is 0 Å². The van der Waals surface area contributed by atoms with Gasteiger partial charge in [-0.25, -0.2) is 4.79 Å². The minimum absolute atomic E-state index is 0.113. The summed E-state index contributed by atoms with van der Waals surface area (Å²) < 4.78 is 41.3. The highest BCUT2D eigenvalue weighted by Gasteiger charge is 2.30. The van der Waals surface area contributed by atoms with E-state index in [0.717, 1.165) is 4.90 Å². The predicted molar refractivity (Wildman–Crippen MR) is 57.1 cm³/mol. The highest BCUT2D eigenvalue weighted by molar-refractivity contribution is 5.95. The Morgan fingerprint density at radius 2 is 1.94 bits per heavy atom. The number of nitrogens with zero attached hydrogens (tertiary/aromatic N) is 1. The summed E-state index contributed by atoms with van der Waals surface area (Å²) in [6.07, 6.45) is -4.32. The maximum absolute atomic E-state index is 12.2. The summed E-state index contributed by atoms with van der Waals surface area (Å²) in [5.74, 6) is -0.658. The zero-order valence-corrected chi connectivity index (χ0v) is 9.41. The SMILES string of the molecule is COC(=O)c1ccccc1N(C)CC(F)(F)F. The highest BCUT2D eigenvalue weighted by atomic mass is 19.4. The molecule has 0 radical (unpaired) electrons. The fourth-order valence-corrected chi connectivity index (χ4v) is 1.44. The first kappa shape index (κ1) is 13.3. The molecule has 0 spiro atoms. The van der Waals surface area contributed by atoms with Gasteiger partial charge >= 0.3 is 12.1 Å². The van der Waals surface area contributed by atoms with Crippen molar-refractivity contribution in [2.24, 2.45) is 0 Å². The molecule has 0 bridgehead atoms. The Labute approximate surface area is 96.8 Å². The summed E-state index contributed by atoms with van der Waals surface area (Å²) in [4.78, 5) is 12.3. The van der Waals surface area contributed by atoms with E-state index in [0.29, 0.717) is 0 Å². The summed E-state index contributed by atoms with van der Waals surface area (Å²) in [6.45, 7) is -1.12. The molecule has 0 saturated carbocycles. The number of esters is 1. The molecule has 0 aliphatic heterocycles. The normalized spacial score (nSPS) is 11.1. The summed E-state index contributed by atoms with van der Waals surface area (Å²) >= 11 is 0. The summed E-state index contributed by atoms with van der Waals surface area (Å²) in [7, 11) is 2.46. The lowest BCUT2D eigenvalue weighted by Crippen LogP contribution is -2.31. The minimum Gasteiger partial charge on any atom is -0.465 e. The van der Waals surface area contributed by atoms with Crippen LogP contribution in [0.3, 0.4) is 0 Å². The van der Waals surface area contributed by atoms with Crippen molar-refractivity contribution >= 4 is 11.7 Å². The van der Waals surface area contributed by atoms with E-state index >= 15 is 0 Å². The lowest BCUT2D eigenvalue weighted by molar-refractivity contribution is -0.119. The number of rotatable bonds is 3. The van der Waals surface area contributed by atoms with Gasteiger partial charge in [-0.15, -0.1) is 0 Å². The van der Waals surface area contributed by atoms with Crippen molar-refractivity contribution in [3.05, 3.63) is 29.8 Å². The molecule has 3 nitrogen and oxygen atoms in total. The molecule has 0 N–H and O–H groups in total. The Bertz CT molecular complexity index is 404. The summed E-state index contributed by atoms with van der Waals surface area (Å²) in [6, 6.07) is 6.00. The Morgan fingerprint density at radius 1 is 1.35 bits per heavy atom. The summed E-state index contributed by atoms with van der Waals surface area (Å²) in [5.41, 5.74) is 0.304. The minimum atomic E-state index is -4.32. The van der Waals surface area contributed by atoms with Gasteiger partial charge in [0.25, 0.3) is 0 Å². The number of carbonyl (C=O) groups is 1. The van der Waals surface area contributed by atoms with Gasteiger partial charge < -0.3 is 9.64 Å². The lowest BCUT2D eigenvalue weighted by Gasteiger charge is -2.22. The second kappa shape index (κ2) is 5.07. The maximum Gasteiger partial charge on any atom is 0.405 e. The van der Waals surface area contributed by atoms with Crippen LogP contribution in [0.25, 0.3) is 0 Å². The molecule has 17 heavy (non-hydrogen) atoms. The third-order valence-electron chi connectivity index (χ3n) is 2.14. The van der Waals surface area contributed by atoms with Crippen molar-refractivity contribution in [1.29, 1.82) is 0 Å². The van der Waals surface area contributed by atoms with E-state index in [1.807, 2.05) is 0 Å². The van der Waals surface area contributed by atoms with Crippen LogP contribution in [0, 0.1) is 0 Å². The lowest BCUT2D eigenvalue weighted by atomic mass is 10.1. The van der Waals surface area contributed by atoms with Crippen LogP contribution in [-0.2, 0) is 4.74 Å². The van der Waals surface area contributed by atoms with E-state index in [9.17, 15) is 18.0 Å². The van der Waals surface area contributed by atoms with Gasteiger partial charge in [0.05, 0.1) is 18.4 Å². The van der Waals surface area contributed by atoms with Crippen molar-refractivity contribution in [3.8, 4) is 0 Å². The number of alkyl halides is 3. The third-order valence-corrected chi connectivity index (χ3v) is 2.14. The molecule has 0 heterocycles. The second-order valence-corrected chi connectivity index (χ2v) is 3.48. The molecule has 0 unspecified atom stereocenters. The van der Waals surface area contributed by atoms with Crippen LogP contribution >= 0.6 is 0 Å². The van der Waals surface area contributed by atoms with Gasteiger partial charge in [-0.2, -0.15) is 13.2 Å². The van der Waals surface area contributed by atoms with Crippen molar-refractivity contribution in [3.63, 3.8) is 0 Å². The fraction of sp³-hybridized carbons (Fsp3) is 0.364. The van der Waals surface area contributed by atoms with E-state index in [1.54, 1.807) is 12.1 Å². The number of para-hydroxylation sites is 1. The number of anilines is 1. The second-order valence-electron chi connectivity index (χ2n) is 3.48. The molecule has 6 heteroatoms. The molecule has 0 fully saturated rings. The molecule has 1 aromatic carbocycles. The van der Waals surface area contributed by atoms with Crippen molar-refractivity contribution in [2.75, 3.05) is 25.6 Å². The predicted octanol–water partition coefficient (Wildman–Crippen LogP) is 2.47. The number of hydrogen-bond acceptors (Lipinski definition) is 3. The molecule has 94 valence electrons. The molecule has 1 aromatic rings. The monoisotopic (exact) mass is 247 g/mol. The largest absolute Gasteiger partial charge is 0.465 e. The van der Waals surface area contributed by atoms with E-state index < -0.39 is 18.7 Å². The number of hydrogen-bond donors (Lipinski definition) is 0. The smallest absolute Gasteiger partial charge is 0.405 e. The maximum atomic E-state index is 12.2. The van der Waals surface area contributed by atoms with Gasteiger partial charge in [-0.1, -0.05) is 12.1 Å². The zero-order valence-electron chi connectivity index (χ0n) is 9.41. The van der Waals surface area contributed by atoms with Gasteiger partial charge in [0.15, 0.2) is 0 Å². The van der Waals surface area contributed by atoms with Crippen molar-refractivity contribution in [2.45, 2.75) is 6.18 Å². The average Bonchev–Trinajstić information content (AvgIpc) is 2.25. The molecule has 0 aromatic heterocycles. The molecular formula is C11H12F3NO2. The first-order valence-corrected chi connectivity index (χ1v) is 4.80. The number of ether oxygens (including phenoxy) is 1. The topological polar surface area (TPSA) is 29.5 Å². The van der Waals surface area contributed by atoms with Crippen molar-refractivity contribution in [1.82, 2.24) is 0 Å². The molecule has 0 aliphatic carbocycles. The van der Waals surface area contributed by atoms with E-state index in [2.05, 4.69) is 4.74 Å². The van der Waals surface area contributed by atoms with Crippen LogP contribution in [0.5, 0.6) is 0 Å². The van der Waals surface area contributed by atoms with Gasteiger partial charge in [0, 0.05) is 7.05 Å². The van der Waals surface area contributed by atoms with Gasteiger partial charge in [-0.05, 0) is 12.1 Å². The van der Waals surface area contributed by atoms with E-state index in [4.69, 9.17) is 0 Å². The fourth-order valence-electron chi connectivity index (χ4n) is 1.44. The molecule has 0 saturated heterocycles. The standard InChI is InChI=1S/C11H12F3NO2/c1-15(7-11(12,13)14)9-6-4-3-5-8(9)10(16)17-2/h3-6H,7H2,1-2H3. The first-order valence-electron chi connectivity index (χ1n) is 4.80. The van der Waals surface area contributed by atoms with Crippen LogP contribution in [0.15, 0.2) is 24.3 Å². The molecule has 1 rings (SSSR count). The highest BCUT2D eigenvalue weighted by Crippen LogP contribution is 2.24. The average molecular weight is 247 g/mol. The summed E-state index contributed by atoms with van der Waals surface area (Å²) in [5, 5.41) is 0. The van der Waals surface area contributed by atoms with Crippen LogP contribution in [0.1, 0.15) is 10.4 Å². The Balaban J connectivity index is 3.01. The first-order chi connectivity index (χ1) is 7.85. The Kier molecular flexibility index (Phi) is 3.98. The number of methoxy groups -OCH3 is 1. The van der Waals surface area contributed by atoms with Crippen LogP contribution in [-0.4, -0.2) is 32.8 Å². The number of benzene rings is 1. The van der Waals surface area contributed by atoms with Crippen LogP contribution in [0.4, 0.5) is 18.9 Å². The van der Waals surface area contributed by atoms with Gasteiger partial charge in [0.1, 0.15) is 6.54 Å². The zero-order chi connectivity index (χ0) is 13.1. The van der Waals surface area contributed by atoms with Gasteiger partial charge in [-0.3, -0.25) is 0 Å². The Hall–Kier alpha value is -1.72. The van der Waals surface area contributed by atoms with Crippen molar-refractivity contribution < 1.29 is 22.7 Å². The third kappa shape index (κ3) is 3.65. The number of halogens is 3. The molecule has 0 aliphatic rings. The van der Waals surface area contributed by atoms with E-state index in [1.165, 1.54) is 26.3 Å². The molecule has 0 atom stereocenters.